The normalized spacial score (nSPS) is 19.5. The molecule has 1 unspecified atom stereocenters. The van der Waals surface area contributed by atoms with Crippen LogP contribution in [-0.4, -0.2) is 34.8 Å². The molecule has 1 fully saturated rings. The standard InChI is InChI=1S/C22H28N4O3/c1-14(2)13-25-15(3)11-17(16(25)4)12-23-26-20(27)22(5,24-21(26)28)18-7-9-19(29-6)10-8-18/h7-12,14H,13H2,1-6H3,(H,24,28)/b23-12+. The third-order valence-corrected chi connectivity index (χ3v) is 5.31. The first-order chi connectivity index (χ1) is 13.7. The van der Waals surface area contributed by atoms with Crippen molar-refractivity contribution >= 4 is 18.2 Å². The number of rotatable bonds is 6. The van der Waals surface area contributed by atoms with Crippen LogP contribution in [0, 0.1) is 19.8 Å². The van der Waals surface area contributed by atoms with Crippen LogP contribution in [0.15, 0.2) is 35.4 Å². The molecule has 3 rings (SSSR count). The van der Waals surface area contributed by atoms with Crippen LogP contribution in [0.2, 0.25) is 0 Å². The summed E-state index contributed by atoms with van der Waals surface area (Å²) >= 11 is 0. The molecule has 154 valence electrons. The van der Waals surface area contributed by atoms with Gasteiger partial charge in [-0.25, -0.2) is 4.79 Å². The number of benzene rings is 1. The monoisotopic (exact) mass is 396 g/mol. The number of nitrogens with one attached hydrogen (secondary N) is 1. The van der Waals surface area contributed by atoms with Crippen molar-refractivity contribution in [3.8, 4) is 5.75 Å². The van der Waals surface area contributed by atoms with E-state index in [1.54, 1.807) is 44.5 Å². The number of aromatic nitrogens is 1. The number of aryl methyl sites for hydroxylation is 1. The van der Waals surface area contributed by atoms with Crippen molar-refractivity contribution in [3.05, 3.63) is 52.8 Å². The number of hydrazone groups is 1. The van der Waals surface area contributed by atoms with Gasteiger partial charge in [-0.3, -0.25) is 4.79 Å². The Bertz CT molecular complexity index is 959. The summed E-state index contributed by atoms with van der Waals surface area (Å²) in [6.45, 7) is 11.0. The summed E-state index contributed by atoms with van der Waals surface area (Å²) in [6, 6.07) is 8.53. The van der Waals surface area contributed by atoms with Crippen molar-refractivity contribution in [2.24, 2.45) is 11.0 Å². The maximum atomic E-state index is 13.0. The Balaban J connectivity index is 1.85. The van der Waals surface area contributed by atoms with Gasteiger partial charge in [-0.1, -0.05) is 26.0 Å². The van der Waals surface area contributed by atoms with E-state index >= 15 is 0 Å². The van der Waals surface area contributed by atoms with Crippen molar-refractivity contribution in [3.63, 3.8) is 0 Å². The number of methoxy groups -OCH3 is 1. The van der Waals surface area contributed by atoms with E-state index in [1.165, 1.54) is 0 Å². The second kappa shape index (κ2) is 7.73. The van der Waals surface area contributed by atoms with Crippen molar-refractivity contribution in [1.82, 2.24) is 14.9 Å². The van der Waals surface area contributed by atoms with E-state index in [2.05, 4.69) is 28.8 Å². The SMILES string of the molecule is COc1ccc(C2(C)NC(=O)N(/N=C/c3cc(C)n(CC(C)C)c3C)C2=O)cc1. The molecule has 0 aliphatic carbocycles. The van der Waals surface area contributed by atoms with Gasteiger partial charge in [0.25, 0.3) is 5.91 Å². The van der Waals surface area contributed by atoms with Crippen LogP contribution >= 0.6 is 0 Å². The molecule has 2 aromatic rings. The molecule has 1 aromatic heterocycles. The molecule has 29 heavy (non-hydrogen) atoms. The van der Waals surface area contributed by atoms with Crippen LogP contribution in [0.25, 0.3) is 0 Å². The minimum absolute atomic E-state index is 0.417. The summed E-state index contributed by atoms with van der Waals surface area (Å²) in [5.74, 6) is 0.779. The minimum Gasteiger partial charge on any atom is -0.497 e. The van der Waals surface area contributed by atoms with Gasteiger partial charge in [0.15, 0.2) is 0 Å². The van der Waals surface area contributed by atoms with Crippen molar-refractivity contribution in [2.45, 2.75) is 46.7 Å². The van der Waals surface area contributed by atoms with E-state index < -0.39 is 17.5 Å². The lowest BCUT2D eigenvalue weighted by atomic mass is 9.92. The largest absolute Gasteiger partial charge is 0.497 e. The highest BCUT2D eigenvalue weighted by Crippen LogP contribution is 2.30. The van der Waals surface area contributed by atoms with Gasteiger partial charge in [-0.05, 0) is 50.5 Å². The summed E-state index contributed by atoms with van der Waals surface area (Å²) in [5, 5.41) is 7.87. The van der Waals surface area contributed by atoms with Gasteiger partial charge in [0.05, 0.1) is 13.3 Å². The molecule has 1 atom stereocenters. The second-order valence-corrected chi connectivity index (χ2v) is 7.98. The fourth-order valence-electron chi connectivity index (χ4n) is 3.57. The Morgan fingerprint density at radius 2 is 1.86 bits per heavy atom. The van der Waals surface area contributed by atoms with E-state index in [1.807, 2.05) is 19.9 Å². The molecule has 1 N–H and O–H groups in total. The van der Waals surface area contributed by atoms with Crippen molar-refractivity contribution in [1.29, 1.82) is 0 Å². The van der Waals surface area contributed by atoms with Gasteiger partial charge in [-0.15, -0.1) is 5.01 Å². The molecule has 0 bridgehead atoms. The molecule has 1 aliphatic rings. The fraction of sp³-hybridized carbons (Fsp3) is 0.409. The Morgan fingerprint density at radius 1 is 1.21 bits per heavy atom. The number of nitrogens with zero attached hydrogens (tertiary/aromatic N) is 3. The van der Waals surface area contributed by atoms with Crippen LogP contribution in [-0.2, 0) is 16.9 Å². The average Bonchev–Trinajstić information content (AvgIpc) is 3.07. The predicted octanol–water partition coefficient (Wildman–Crippen LogP) is 3.57. The van der Waals surface area contributed by atoms with Gasteiger partial charge in [0, 0.05) is 23.5 Å². The van der Waals surface area contributed by atoms with E-state index in [0.717, 1.165) is 28.5 Å². The first-order valence-corrected chi connectivity index (χ1v) is 9.69. The van der Waals surface area contributed by atoms with Crippen LogP contribution in [0.5, 0.6) is 5.75 Å². The number of imide groups is 1. The zero-order valence-corrected chi connectivity index (χ0v) is 17.8. The topological polar surface area (TPSA) is 75.9 Å². The number of carbonyl (C=O) groups excluding carboxylic acids is 2. The van der Waals surface area contributed by atoms with Crippen molar-refractivity contribution < 1.29 is 14.3 Å². The highest BCUT2D eigenvalue weighted by molar-refractivity contribution is 6.07. The molecule has 1 aliphatic heterocycles. The molecule has 0 spiro atoms. The summed E-state index contributed by atoms with van der Waals surface area (Å²) in [6.07, 6.45) is 1.58. The first kappa shape index (κ1) is 20.6. The van der Waals surface area contributed by atoms with Gasteiger partial charge in [0.1, 0.15) is 11.3 Å². The fourth-order valence-corrected chi connectivity index (χ4v) is 3.57. The summed E-state index contributed by atoms with van der Waals surface area (Å²) < 4.78 is 7.38. The van der Waals surface area contributed by atoms with Gasteiger partial charge < -0.3 is 14.6 Å². The zero-order valence-electron chi connectivity index (χ0n) is 17.8. The van der Waals surface area contributed by atoms with Crippen LogP contribution in [0.4, 0.5) is 4.79 Å². The lowest BCUT2D eigenvalue weighted by molar-refractivity contribution is -0.131. The Hall–Kier alpha value is -3.09. The number of hydrogen-bond donors (Lipinski definition) is 1. The molecule has 0 saturated carbocycles. The lowest BCUT2D eigenvalue weighted by Gasteiger charge is -2.21. The molecule has 2 heterocycles. The van der Waals surface area contributed by atoms with Crippen molar-refractivity contribution in [2.75, 3.05) is 7.11 Å². The summed E-state index contributed by atoms with van der Waals surface area (Å²) in [4.78, 5) is 25.5. The number of amides is 3. The smallest absolute Gasteiger partial charge is 0.346 e. The third-order valence-electron chi connectivity index (χ3n) is 5.31. The molecular weight excluding hydrogens is 368 g/mol. The summed E-state index contributed by atoms with van der Waals surface area (Å²) in [5.41, 5.74) is 2.57. The molecule has 3 amide bonds. The minimum atomic E-state index is -1.17. The average molecular weight is 396 g/mol. The second-order valence-electron chi connectivity index (χ2n) is 7.98. The van der Waals surface area contributed by atoms with E-state index in [-0.39, 0.29) is 0 Å². The number of carbonyl (C=O) groups is 2. The number of hydrogen-bond acceptors (Lipinski definition) is 4. The van der Waals surface area contributed by atoms with E-state index in [4.69, 9.17) is 4.74 Å². The quantitative estimate of drug-likeness (QED) is 0.599. The molecular formula is C22H28N4O3. The Kier molecular flexibility index (Phi) is 5.50. The van der Waals surface area contributed by atoms with E-state index in [0.29, 0.717) is 17.2 Å². The van der Waals surface area contributed by atoms with Gasteiger partial charge in [0.2, 0.25) is 0 Å². The molecule has 0 radical (unpaired) electrons. The van der Waals surface area contributed by atoms with Gasteiger partial charge in [-0.2, -0.15) is 5.10 Å². The van der Waals surface area contributed by atoms with Crippen LogP contribution in [0.1, 0.15) is 43.3 Å². The molecule has 7 heteroatoms. The molecule has 1 aromatic carbocycles. The third kappa shape index (κ3) is 3.77. The zero-order chi connectivity index (χ0) is 21.3. The molecule has 1 saturated heterocycles. The lowest BCUT2D eigenvalue weighted by Crippen LogP contribution is -2.40. The van der Waals surface area contributed by atoms with Crippen LogP contribution in [0.3, 0.4) is 0 Å². The first-order valence-electron chi connectivity index (χ1n) is 9.69. The van der Waals surface area contributed by atoms with Crippen LogP contribution < -0.4 is 10.1 Å². The Labute approximate surface area is 171 Å². The molecule has 7 nitrogen and oxygen atoms in total. The van der Waals surface area contributed by atoms with Gasteiger partial charge >= 0.3 is 6.03 Å². The Morgan fingerprint density at radius 3 is 2.45 bits per heavy atom. The summed E-state index contributed by atoms with van der Waals surface area (Å²) in [7, 11) is 1.58. The number of ether oxygens (including phenoxy) is 1. The maximum absolute atomic E-state index is 13.0. The predicted molar refractivity (Wildman–Crippen MR) is 112 cm³/mol. The van der Waals surface area contributed by atoms with E-state index in [9.17, 15) is 9.59 Å². The maximum Gasteiger partial charge on any atom is 0.346 e. The highest BCUT2D eigenvalue weighted by atomic mass is 16.5. The highest BCUT2D eigenvalue weighted by Gasteiger charge is 2.49. The number of urea groups is 1.